The van der Waals surface area contributed by atoms with E-state index in [0.717, 1.165) is 47.8 Å². The Balaban J connectivity index is 1.43. The third-order valence-corrected chi connectivity index (χ3v) is 5.87. The van der Waals surface area contributed by atoms with E-state index in [9.17, 15) is 9.90 Å². The minimum atomic E-state index is -0.432. The number of rotatable bonds is 7. The number of aliphatic hydroxyl groups excluding tert-OH is 1. The molecule has 1 atom stereocenters. The summed E-state index contributed by atoms with van der Waals surface area (Å²) in [5.41, 5.74) is 4.13. The average Bonchev–Trinajstić information content (AvgIpc) is 3.16. The van der Waals surface area contributed by atoms with Gasteiger partial charge < -0.3 is 19.3 Å². The van der Waals surface area contributed by atoms with Gasteiger partial charge in [0.1, 0.15) is 0 Å². The van der Waals surface area contributed by atoms with Crippen LogP contribution in [-0.2, 0) is 17.7 Å². The fourth-order valence-corrected chi connectivity index (χ4v) is 4.16. The minimum Gasteiger partial charge on any atom is -0.389 e. The van der Waals surface area contributed by atoms with Crippen LogP contribution in [0.15, 0.2) is 54.7 Å². The fraction of sp³-hybridized carbons (Fsp3) is 0.400. The molecule has 2 aromatic carbocycles. The number of aromatic nitrogens is 1. The number of morpholine rings is 1. The molecular weight excluding hydrogens is 376 g/mol. The summed E-state index contributed by atoms with van der Waals surface area (Å²) in [6.45, 7) is 5.22. The lowest BCUT2D eigenvalue weighted by Gasteiger charge is -2.26. The number of aryl methyl sites for hydroxylation is 2. The first kappa shape index (κ1) is 20.6. The number of carbonyl (C=O) groups excluding carboxylic acids is 1. The maximum atomic E-state index is 13.1. The lowest BCUT2D eigenvalue weighted by Crippen LogP contribution is -2.40. The molecule has 2 heterocycles. The van der Waals surface area contributed by atoms with E-state index in [2.05, 4.69) is 22.8 Å². The molecule has 0 spiro atoms. The average molecular weight is 407 g/mol. The van der Waals surface area contributed by atoms with Crippen LogP contribution in [0.5, 0.6) is 0 Å². The van der Waals surface area contributed by atoms with E-state index in [-0.39, 0.29) is 5.91 Å². The lowest BCUT2D eigenvalue weighted by atomic mass is 10.0. The highest BCUT2D eigenvalue weighted by Crippen LogP contribution is 2.24. The zero-order valence-corrected chi connectivity index (χ0v) is 17.6. The van der Waals surface area contributed by atoms with Crippen molar-refractivity contribution in [2.24, 2.45) is 0 Å². The Morgan fingerprint density at radius 1 is 1.10 bits per heavy atom. The van der Waals surface area contributed by atoms with Crippen molar-refractivity contribution in [2.45, 2.75) is 38.8 Å². The van der Waals surface area contributed by atoms with Crippen molar-refractivity contribution < 1.29 is 14.6 Å². The van der Waals surface area contributed by atoms with Crippen LogP contribution >= 0.6 is 0 Å². The van der Waals surface area contributed by atoms with Crippen LogP contribution in [0, 0.1) is 0 Å². The summed E-state index contributed by atoms with van der Waals surface area (Å²) in [6, 6.07) is 16.4. The van der Waals surface area contributed by atoms with Crippen molar-refractivity contribution in [3.63, 3.8) is 0 Å². The Hall–Kier alpha value is -2.63. The predicted octanol–water partition coefficient (Wildman–Crippen LogP) is 4.19. The van der Waals surface area contributed by atoms with Gasteiger partial charge in [-0.2, -0.15) is 0 Å². The molecule has 30 heavy (non-hydrogen) atoms. The Kier molecular flexibility index (Phi) is 6.50. The highest BCUT2D eigenvalue weighted by atomic mass is 16.5. The molecule has 1 saturated heterocycles. The van der Waals surface area contributed by atoms with Crippen LogP contribution in [0.1, 0.15) is 47.4 Å². The second-order valence-corrected chi connectivity index (χ2v) is 8.04. The number of nitrogens with zero attached hydrogens (tertiary/aromatic N) is 2. The van der Waals surface area contributed by atoms with Crippen LogP contribution in [0.3, 0.4) is 0 Å². The maximum absolute atomic E-state index is 13.1. The zero-order valence-electron chi connectivity index (χ0n) is 17.6. The standard InChI is InChI=1S/C25H30N2O3/c1-19(28)21-9-6-8-20(17-21)7-4-5-12-27-18-23(22-10-2-3-11-24(22)27)25(29)26-13-15-30-16-14-26/h2-3,6,8-11,17-19,28H,4-5,7,12-16H2,1H3. The maximum Gasteiger partial charge on any atom is 0.256 e. The number of hydrogen-bond acceptors (Lipinski definition) is 3. The molecule has 4 rings (SSSR count). The van der Waals surface area contributed by atoms with Crippen LogP contribution in [0.4, 0.5) is 0 Å². The number of benzene rings is 2. The molecular formula is C25H30N2O3. The molecule has 0 radical (unpaired) electrons. The Labute approximate surface area is 177 Å². The molecule has 1 aromatic heterocycles. The third-order valence-electron chi connectivity index (χ3n) is 5.87. The van der Waals surface area contributed by atoms with Crippen molar-refractivity contribution in [3.05, 3.63) is 71.4 Å². The molecule has 0 aliphatic carbocycles. The van der Waals surface area contributed by atoms with Crippen molar-refractivity contribution in [2.75, 3.05) is 26.3 Å². The Morgan fingerprint density at radius 3 is 2.70 bits per heavy atom. The van der Waals surface area contributed by atoms with Crippen molar-refractivity contribution in [1.29, 1.82) is 0 Å². The molecule has 1 N–H and O–H groups in total. The van der Waals surface area contributed by atoms with Gasteiger partial charge in [-0.25, -0.2) is 0 Å². The largest absolute Gasteiger partial charge is 0.389 e. The molecule has 5 nitrogen and oxygen atoms in total. The summed E-state index contributed by atoms with van der Waals surface area (Å²) in [4.78, 5) is 15.0. The lowest BCUT2D eigenvalue weighted by molar-refractivity contribution is 0.0304. The van der Waals surface area contributed by atoms with Crippen LogP contribution in [0.25, 0.3) is 10.9 Å². The molecule has 1 aliphatic heterocycles. The molecule has 0 saturated carbocycles. The molecule has 1 amide bonds. The third kappa shape index (κ3) is 4.58. The van der Waals surface area contributed by atoms with E-state index < -0.39 is 6.10 Å². The van der Waals surface area contributed by atoms with Crippen LogP contribution in [-0.4, -0.2) is 46.8 Å². The summed E-state index contributed by atoms with van der Waals surface area (Å²) < 4.78 is 7.61. The van der Waals surface area contributed by atoms with Crippen LogP contribution in [0.2, 0.25) is 0 Å². The van der Waals surface area contributed by atoms with E-state index >= 15 is 0 Å². The highest BCUT2D eigenvalue weighted by molar-refractivity contribution is 6.07. The number of carbonyl (C=O) groups is 1. The number of unbranched alkanes of at least 4 members (excludes halogenated alkanes) is 1. The van der Waals surface area contributed by atoms with Crippen molar-refractivity contribution in [1.82, 2.24) is 9.47 Å². The van der Waals surface area contributed by atoms with Crippen molar-refractivity contribution >= 4 is 16.8 Å². The smallest absolute Gasteiger partial charge is 0.256 e. The zero-order chi connectivity index (χ0) is 20.9. The first-order valence-electron chi connectivity index (χ1n) is 10.9. The minimum absolute atomic E-state index is 0.100. The number of ether oxygens (including phenoxy) is 1. The molecule has 1 aliphatic rings. The first-order chi connectivity index (χ1) is 14.6. The summed E-state index contributed by atoms with van der Waals surface area (Å²) in [6.07, 6.45) is 4.67. The quantitative estimate of drug-likeness (QED) is 0.599. The van der Waals surface area contributed by atoms with Gasteiger partial charge in [-0.15, -0.1) is 0 Å². The summed E-state index contributed by atoms with van der Waals surface area (Å²) in [7, 11) is 0. The van der Waals surface area contributed by atoms with E-state index in [1.165, 1.54) is 5.56 Å². The van der Waals surface area contributed by atoms with Crippen molar-refractivity contribution in [3.8, 4) is 0 Å². The summed E-state index contributed by atoms with van der Waals surface area (Å²) in [5, 5.41) is 10.8. The Morgan fingerprint density at radius 2 is 1.90 bits per heavy atom. The monoisotopic (exact) mass is 406 g/mol. The molecule has 158 valence electrons. The first-order valence-corrected chi connectivity index (χ1v) is 10.9. The number of fused-ring (bicyclic) bond motifs is 1. The van der Waals surface area contributed by atoms with Gasteiger partial charge >= 0.3 is 0 Å². The van der Waals surface area contributed by atoms with Gasteiger partial charge in [-0.3, -0.25) is 4.79 Å². The van der Waals surface area contributed by atoms with Gasteiger partial charge in [0.2, 0.25) is 0 Å². The van der Waals surface area contributed by atoms with Gasteiger partial charge in [0.05, 0.1) is 24.9 Å². The Bertz CT molecular complexity index is 1000. The fourth-order valence-electron chi connectivity index (χ4n) is 4.16. The highest BCUT2D eigenvalue weighted by Gasteiger charge is 2.22. The summed E-state index contributed by atoms with van der Waals surface area (Å²) >= 11 is 0. The molecule has 0 bridgehead atoms. The van der Waals surface area contributed by atoms with Gasteiger partial charge in [0.25, 0.3) is 5.91 Å². The van der Waals surface area contributed by atoms with E-state index in [1.54, 1.807) is 6.92 Å². The molecule has 5 heteroatoms. The topological polar surface area (TPSA) is 54.7 Å². The molecule has 3 aromatic rings. The number of hydrogen-bond donors (Lipinski definition) is 1. The predicted molar refractivity (Wildman–Crippen MR) is 119 cm³/mol. The number of amides is 1. The normalized spacial score (nSPS) is 15.5. The van der Waals surface area contributed by atoms with Gasteiger partial charge in [0.15, 0.2) is 0 Å². The number of aliphatic hydroxyl groups is 1. The van der Waals surface area contributed by atoms with Gasteiger partial charge in [-0.05, 0) is 43.4 Å². The van der Waals surface area contributed by atoms with Gasteiger partial charge in [-0.1, -0.05) is 42.5 Å². The second kappa shape index (κ2) is 9.45. The SMILES string of the molecule is CC(O)c1cccc(CCCCn2cc(C(=O)N3CCOCC3)c3ccccc32)c1. The van der Waals surface area contributed by atoms with E-state index in [4.69, 9.17) is 4.74 Å². The summed E-state index contributed by atoms with van der Waals surface area (Å²) in [5.74, 6) is 0.100. The van der Waals surface area contributed by atoms with E-state index in [0.29, 0.717) is 26.3 Å². The van der Waals surface area contributed by atoms with E-state index in [1.807, 2.05) is 41.4 Å². The number of para-hydroxylation sites is 1. The van der Waals surface area contributed by atoms with Crippen LogP contribution < -0.4 is 0 Å². The molecule has 1 fully saturated rings. The molecule has 1 unspecified atom stereocenters. The second-order valence-electron chi connectivity index (χ2n) is 8.04. The van der Waals surface area contributed by atoms with Gasteiger partial charge in [0, 0.05) is 36.7 Å².